The molecular formula is C23H30N4O. The first-order valence-corrected chi connectivity index (χ1v) is 10.5. The molecule has 5 rings (SSSR count). The third-order valence-corrected chi connectivity index (χ3v) is 6.73. The van der Waals surface area contributed by atoms with E-state index in [0.29, 0.717) is 12.0 Å². The molecule has 5 heteroatoms. The van der Waals surface area contributed by atoms with Crippen molar-refractivity contribution in [1.82, 2.24) is 4.90 Å². The van der Waals surface area contributed by atoms with Crippen molar-refractivity contribution in [2.24, 2.45) is 0 Å². The third-order valence-electron chi connectivity index (χ3n) is 6.73. The Morgan fingerprint density at radius 1 is 1.07 bits per heavy atom. The van der Waals surface area contributed by atoms with Crippen molar-refractivity contribution in [2.75, 3.05) is 68.5 Å². The Hall–Kier alpha value is -2.40. The smallest absolute Gasteiger partial charge is 0.141 e. The average molecular weight is 379 g/mol. The fourth-order valence-corrected chi connectivity index (χ4v) is 5.32. The van der Waals surface area contributed by atoms with E-state index in [9.17, 15) is 0 Å². The molecule has 0 aromatic heterocycles. The number of anilines is 3. The number of ether oxygens (including phenoxy) is 1. The molecule has 1 N–H and O–H groups in total. The fraction of sp³-hybridized carbons (Fsp3) is 0.478. The lowest BCUT2D eigenvalue weighted by atomic mass is 9.89. The molecular weight excluding hydrogens is 348 g/mol. The summed E-state index contributed by atoms with van der Waals surface area (Å²) in [5, 5.41) is 3.55. The van der Waals surface area contributed by atoms with E-state index in [4.69, 9.17) is 4.74 Å². The van der Waals surface area contributed by atoms with Gasteiger partial charge in [-0.25, -0.2) is 0 Å². The minimum absolute atomic E-state index is 0.640. The third kappa shape index (κ3) is 2.89. The summed E-state index contributed by atoms with van der Waals surface area (Å²) in [6, 6.07) is 15.7. The second kappa shape index (κ2) is 7.21. The maximum absolute atomic E-state index is 5.45. The molecule has 0 amide bonds. The first-order valence-electron chi connectivity index (χ1n) is 10.5. The summed E-state index contributed by atoms with van der Waals surface area (Å²) in [4.78, 5) is 7.76. The second-order valence-corrected chi connectivity index (χ2v) is 8.22. The summed E-state index contributed by atoms with van der Waals surface area (Å²) in [6.45, 7) is 6.65. The molecule has 3 aliphatic heterocycles. The number of hydrogen-bond donors (Lipinski definition) is 1. The van der Waals surface area contributed by atoms with Crippen molar-refractivity contribution in [2.45, 2.75) is 18.4 Å². The minimum atomic E-state index is 0.640. The van der Waals surface area contributed by atoms with Gasteiger partial charge in [-0.3, -0.25) is 0 Å². The maximum Gasteiger partial charge on any atom is 0.141 e. The van der Waals surface area contributed by atoms with E-state index < -0.39 is 0 Å². The largest absolute Gasteiger partial charge is 0.495 e. The van der Waals surface area contributed by atoms with Crippen molar-refractivity contribution >= 4 is 17.1 Å². The van der Waals surface area contributed by atoms with Gasteiger partial charge >= 0.3 is 0 Å². The molecule has 0 bridgehead atoms. The van der Waals surface area contributed by atoms with Crippen LogP contribution in [0.15, 0.2) is 42.5 Å². The summed E-state index contributed by atoms with van der Waals surface area (Å²) in [6.07, 6.45) is 1.26. The number of rotatable bonds is 5. The monoisotopic (exact) mass is 378 g/mol. The number of nitrogens with one attached hydrogen (secondary N) is 1. The number of hydrogen-bond acceptors (Lipinski definition) is 5. The lowest BCUT2D eigenvalue weighted by Gasteiger charge is -2.41. The van der Waals surface area contributed by atoms with Crippen LogP contribution in [0.4, 0.5) is 17.1 Å². The van der Waals surface area contributed by atoms with Gasteiger partial charge in [0, 0.05) is 58.3 Å². The van der Waals surface area contributed by atoms with Crippen LogP contribution in [0.3, 0.4) is 0 Å². The first kappa shape index (κ1) is 17.7. The Balaban J connectivity index is 1.26. The second-order valence-electron chi connectivity index (χ2n) is 8.22. The zero-order chi connectivity index (χ0) is 19.1. The zero-order valence-corrected chi connectivity index (χ0v) is 16.9. The molecule has 0 spiro atoms. The van der Waals surface area contributed by atoms with Gasteiger partial charge in [0.25, 0.3) is 0 Å². The maximum atomic E-state index is 5.45. The average Bonchev–Trinajstić information content (AvgIpc) is 3.05. The SMILES string of the molecule is COc1ccccc1NCCN1CC[C@H]2[C@@H](C1)c1cccc3c1N2CCN3C. The molecule has 1 fully saturated rings. The van der Waals surface area contributed by atoms with E-state index in [1.807, 2.05) is 12.1 Å². The number of likely N-dealkylation sites (N-methyl/N-ethyl adjacent to an activating group) is 1. The molecule has 2 aromatic carbocycles. The highest BCUT2D eigenvalue weighted by Gasteiger charge is 2.44. The number of methoxy groups -OCH3 is 1. The van der Waals surface area contributed by atoms with E-state index in [1.54, 1.807) is 12.7 Å². The molecule has 3 aliphatic rings. The van der Waals surface area contributed by atoms with Crippen LogP contribution in [0.25, 0.3) is 0 Å². The molecule has 2 atom stereocenters. The van der Waals surface area contributed by atoms with Gasteiger partial charge in [0.1, 0.15) is 5.75 Å². The molecule has 0 aliphatic carbocycles. The Kier molecular flexibility index (Phi) is 4.55. The molecule has 0 radical (unpaired) electrons. The van der Waals surface area contributed by atoms with Crippen LogP contribution in [0, 0.1) is 0 Å². The normalized spacial score (nSPS) is 23.4. The summed E-state index contributed by atoms with van der Waals surface area (Å²) in [5.41, 5.74) is 5.58. The van der Waals surface area contributed by atoms with Crippen molar-refractivity contribution in [3.05, 3.63) is 48.0 Å². The van der Waals surface area contributed by atoms with Gasteiger partial charge in [-0.15, -0.1) is 0 Å². The Labute approximate surface area is 167 Å². The van der Waals surface area contributed by atoms with Crippen LogP contribution < -0.4 is 19.9 Å². The van der Waals surface area contributed by atoms with Crippen LogP contribution in [0.5, 0.6) is 5.75 Å². The van der Waals surface area contributed by atoms with Crippen molar-refractivity contribution < 1.29 is 4.74 Å². The summed E-state index contributed by atoms with van der Waals surface area (Å²) in [7, 11) is 3.96. The topological polar surface area (TPSA) is 31.0 Å². The predicted octanol–water partition coefficient (Wildman–Crippen LogP) is 3.24. The predicted molar refractivity (Wildman–Crippen MR) is 116 cm³/mol. The molecule has 5 nitrogen and oxygen atoms in total. The fourth-order valence-electron chi connectivity index (χ4n) is 5.32. The minimum Gasteiger partial charge on any atom is -0.495 e. The molecule has 28 heavy (non-hydrogen) atoms. The van der Waals surface area contributed by atoms with Crippen LogP contribution in [0.2, 0.25) is 0 Å². The van der Waals surface area contributed by atoms with Crippen molar-refractivity contribution in [1.29, 1.82) is 0 Å². The Bertz CT molecular complexity index is 854. The van der Waals surface area contributed by atoms with Crippen molar-refractivity contribution in [3.8, 4) is 5.75 Å². The number of piperidine rings is 1. The van der Waals surface area contributed by atoms with E-state index in [-0.39, 0.29) is 0 Å². The molecule has 2 aromatic rings. The lowest BCUT2D eigenvalue weighted by molar-refractivity contribution is 0.200. The standard InChI is InChI=1S/C23H30N4O/c1-25-14-15-27-20-10-12-26(13-11-24-19-7-3-4-9-22(19)28-2)16-18(20)17-6-5-8-21(25)23(17)27/h3-9,18,20,24H,10-16H2,1-2H3/t18-,20-/m0/s1. The van der Waals surface area contributed by atoms with Gasteiger partial charge in [0.2, 0.25) is 0 Å². The molecule has 3 heterocycles. The molecule has 0 saturated carbocycles. The number of benzene rings is 2. The number of likely N-dealkylation sites (tertiary alicyclic amines) is 1. The van der Waals surface area contributed by atoms with Gasteiger partial charge in [0.05, 0.1) is 24.2 Å². The Morgan fingerprint density at radius 2 is 1.96 bits per heavy atom. The highest BCUT2D eigenvalue weighted by atomic mass is 16.5. The molecule has 1 saturated heterocycles. The summed E-state index contributed by atoms with van der Waals surface area (Å²) in [5.74, 6) is 1.55. The summed E-state index contributed by atoms with van der Waals surface area (Å²) < 4.78 is 5.45. The van der Waals surface area contributed by atoms with Crippen LogP contribution >= 0.6 is 0 Å². The number of fused-ring (bicyclic) bond motifs is 3. The van der Waals surface area contributed by atoms with Crippen LogP contribution in [-0.2, 0) is 0 Å². The van der Waals surface area contributed by atoms with Crippen molar-refractivity contribution in [3.63, 3.8) is 0 Å². The van der Waals surface area contributed by atoms with Gasteiger partial charge in [0.15, 0.2) is 0 Å². The van der Waals surface area contributed by atoms with Gasteiger partial charge < -0.3 is 24.8 Å². The summed E-state index contributed by atoms with van der Waals surface area (Å²) >= 11 is 0. The zero-order valence-electron chi connectivity index (χ0n) is 16.9. The van der Waals surface area contributed by atoms with Crippen LogP contribution in [-0.4, -0.2) is 64.4 Å². The lowest BCUT2D eigenvalue weighted by Crippen LogP contribution is -2.49. The number of nitrogens with zero attached hydrogens (tertiary/aromatic N) is 3. The van der Waals surface area contributed by atoms with E-state index in [0.717, 1.165) is 44.2 Å². The van der Waals surface area contributed by atoms with Gasteiger partial charge in [-0.2, -0.15) is 0 Å². The molecule has 148 valence electrons. The van der Waals surface area contributed by atoms with Gasteiger partial charge in [-0.1, -0.05) is 24.3 Å². The highest BCUT2D eigenvalue weighted by molar-refractivity contribution is 5.80. The van der Waals surface area contributed by atoms with Gasteiger partial charge in [-0.05, 0) is 30.2 Å². The molecule has 0 unspecified atom stereocenters. The highest BCUT2D eigenvalue weighted by Crippen LogP contribution is 2.50. The van der Waals surface area contributed by atoms with E-state index in [2.05, 4.69) is 57.4 Å². The first-order chi connectivity index (χ1) is 13.8. The van der Waals surface area contributed by atoms with E-state index in [1.165, 1.54) is 24.3 Å². The quantitative estimate of drug-likeness (QED) is 0.863. The van der Waals surface area contributed by atoms with Crippen LogP contribution in [0.1, 0.15) is 17.9 Å². The number of para-hydroxylation sites is 3. The Morgan fingerprint density at radius 3 is 2.86 bits per heavy atom. The van der Waals surface area contributed by atoms with E-state index >= 15 is 0 Å².